The average molecular weight is 393 g/mol. The van der Waals surface area contributed by atoms with Crippen molar-refractivity contribution in [1.29, 1.82) is 0 Å². The molecular weight excluding hydrogens is 376 g/mol. The van der Waals surface area contributed by atoms with Crippen LogP contribution in [-0.4, -0.2) is 32.9 Å². The molecule has 2 rings (SSSR count). The van der Waals surface area contributed by atoms with E-state index in [1.54, 1.807) is 44.6 Å². The first-order valence-corrected chi connectivity index (χ1v) is 7.84. The zero-order valence-electron chi connectivity index (χ0n) is 13.3. The molecule has 126 valence electrons. The second kappa shape index (κ2) is 8.93. The quantitative estimate of drug-likeness (QED) is 0.580. The van der Waals surface area contributed by atoms with E-state index in [1.165, 1.54) is 6.21 Å². The van der Waals surface area contributed by atoms with E-state index in [2.05, 4.69) is 26.5 Å². The molecule has 2 aromatic rings. The number of hydrogen-bond acceptors (Lipinski definition) is 5. The smallest absolute Gasteiger partial charge is 0.277 e. The SMILES string of the molecule is COc1ccc(C=NNC(=O)COc2cccc(Br)c2)c(OC)c1. The van der Waals surface area contributed by atoms with E-state index < -0.39 is 0 Å². The molecule has 1 N–H and O–H groups in total. The summed E-state index contributed by atoms with van der Waals surface area (Å²) in [4.78, 5) is 11.7. The molecule has 24 heavy (non-hydrogen) atoms. The molecule has 0 aliphatic rings. The lowest BCUT2D eigenvalue weighted by Gasteiger charge is -2.07. The Balaban J connectivity index is 1.88. The summed E-state index contributed by atoms with van der Waals surface area (Å²) in [5, 5.41) is 3.90. The second-order valence-electron chi connectivity index (χ2n) is 4.65. The molecular formula is C17H17BrN2O4. The van der Waals surface area contributed by atoms with Crippen LogP contribution >= 0.6 is 15.9 Å². The maximum absolute atomic E-state index is 11.7. The van der Waals surface area contributed by atoms with Crippen molar-refractivity contribution in [2.75, 3.05) is 20.8 Å². The van der Waals surface area contributed by atoms with Crippen LogP contribution < -0.4 is 19.6 Å². The third-order valence-corrected chi connectivity index (χ3v) is 3.49. The van der Waals surface area contributed by atoms with E-state index in [0.717, 1.165) is 4.47 Å². The molecule has 2 aromatic carbocycles. The van der Waals surface area contributed by atoms with Crippen LogP contribution in [0.5, 0.6) is 17.2 Å². The summed E-state index contributed by atoms with van der Waals surface area (Å²) in [6, 6.07) is 12.5. The molecule has 7 heteroatoms. The van der Waals surface area contributed by atoms with Gasteiger partial charge >= 0.3 is 0 Å². The number of nitrogens with one attached hydrogen (secondary N) is 1. The van der Waals surface area contributed by atoms with Gasteiger partial charge in [0.2, 0.25) is 0 Å². The van der Waals surface area contributed by atoms with Crippen LogP contribution in [0.4, 0.5) is 0 Å². The number of ether oxygens (including phenoxy) is 3. The molecule has 0 heterocycles. The van der Waals surface area contributed by atoms with E-state index in [4.69, 9.17) is 14.2 Å². The lowest BCUT2D eigenvalue weighted by atomic mass is 10.2. The predicted molar refractivity (Wildman–Crippen MR) is 94.9 cm³/mol. The maximum Gasteiger partial charge on any atom is 0.277 e. The molecule has 0 spiro atoms. The van der Waals surface area contributed by atoms with Crippen molar-refractivity contribution in [3.63, 3.8) is 0 Å². The zero-order chi connectivity index (χ0) is 17.4. The third-order valence-electron chi connectivity index (χ3n) is 3.00. The minimum absolute atomic E-state index is 0.131. The van der Waals surface area contributed by atoms with Crippen LogP contribution in [0.15, 0.2) is 52.0 Å². The summed E-state index contributed by atoms with van der Waals surface area (Å²) in [7, 11) is 3.13. The van der Waals surface area contributed by atoms with E-state index >= 15 is 0 Å². The molecule has 0 saturated carbocycles. The maximum atomic E-state index is 11.7. The van der Waals surface area contributed by atoms with Crippen molar-refractivity contribution in [3.8, 4) is 17.2 Å². The number of halogens is 1. The summed E-state index contributed by atoms with van der Waals surface area (Å²) in [6.45, 7) is -0.131. The summed E-state index contributed by atoms with van der Waals surface area (Å²) in [5.74, 6) is 1.51. The largest absolute Gasteiger partial charge is 0.497 e. The fourth-order valence-electron chi connectivity index (χ4n) is 1.84. The average Bonchev–Trinajstić information content (AvgIpc) is 2.60. The molecule has 0 fully saturated rings. The van der Waals surface area contributed by atoms with Gasteiger partial charge in [0.25, 0.3) is 5.91 Å². The van der Waals surface area contributed by atoms with Crippen LogP contribution in [0.3, 0.4) is 0 Å². The highest BCUT2D eigenvalue weighted by atomic mass is 79.9. The fourth-order valence-corrected chi connectivity index (χ4v) is 2.22. The Bertz CT molecular complexity index is 734. The topological polar surface area (TPSA) is 69.2 Å². The lowest BCUT2D eigenvalue weighted by Crippen LogP contribution is -2.24. The van der Waals surface area contributed by atoms with Crippen LogP contribution in [0.25, 0.3) is 0 Å². The van der Waals surface area contributed by atoms with Crippen LogP contribution in [0.2, 0.25) is 0 Å². The number of carbonyl (C=O) groups excluding carboxylic acids is 1. The van der Waals surface area contributed by atoms with Gasteiger partial charge in [0.15, 0.2) is 6.61 Å². The van der Waals surface area contributed by atoms with Gasteiger partial charge in [-0.25, -0.2) is 5.43 Å². The first kappa shape index (κ1) is 17.8. The van der Waals surface area contributed by atoms with Gasteiger partial charge in [-0.3, -0.25) is 4.79 Å². The Labute approximate surface area is 148 Å². The van der Waals surface area contributed by atoms with Crippen LogP contribution in [-0.2, 0) is 4.79 Å². The van der Waals surface area contributed by atoms with Crippen LogP contribution in [0.1, 0.15) is 5.56 Å². The van der Waals surface area contributed by atoms with Gasteiger partial charge in [0, 0.05) is 16.1 Å². The van der Waals surface area contributed by atoms with E-state index in [-0.39, 0.29) is 12.5 Å². The van der Waals surface area contributed by atoms with E-state index in [0.29, 0.717) is 22.8 Å². The van der Waals surface area contributed by atoms with Gasteiger partial charge < -0.3 is 14.2 Å². The molecule has 1 amide bonds. The van der Waals surface area contributed by atoms with Gasteiger partial charge in [0.1, 0.15) is 17.2 Å². The number of benzene rings is 2. The first-order chi connectivity index (χ1) is 11.6. The number of hydrogen-bond donors (Lipinski definition) is 1. The minimum Gasteiger partial charge on any atom is -0.497 e. The highest BCUT2D eigenvalue weighted by Crippen LogP contribution is 2.23. The Morgan fingerprint density at radius 1 is 1.17 bits per heavy atom. The standard InChI is InChI=1S/C17H17BrN2O4/c1-22-14-7-6-12(16(9-14)23-2)10-19-20-17(21)11-24-15-5-3-4-13(18)8-15/h3-10H,11H2,1-2H3,(H,20,21). The predicted octanol–water partition coefficient (Wildman–Crippen LogP) is 3.00. The summed E-state index contributed by atoms with van der Waals surface area (Å²) < 4.78 is 16.6. The molecule has 0 aliphatic carbocycles. The van der Waals surface area contributed by atoms with Gasteiger partial charge in [-0.05, 0) is 30.3 Å². The van der Waals surface area contributed by atoms with Crippen molar-refractivity contribution >= 4 is 28.1 Å². The molecule has 0 unspecified atom stereocenters. The first-order valence-electron chi connectivity index (χ1n) is 7.04. The monoisotopic (exact) mass is 392 g/mol. The molecule has 0 radical (unpaired) electrons. The fraction of sp³-hybridized carbons (Fsp3) is 0.176. The Kier molecular flexibility index (Phi) is 6.62. The number of methoxy groups -OCH3 is 2. The Hall–Kier alpha value is -2.54. The van der Waals surface area contributed by atoms with Crippen molar-refractivity contribution in [3.05, 3.63) is 52.5 Å². The molecule has 0 saturated heterocycles. The number of rotatable bonds is 7. The van der Waals surface area contributed by atoms with E-state index in [9.17, 15) is 4.79 Å². The molecule has 0 aliphatic heterocycles. The number of amides is 1. The van der Waals surface area contributed by atoms with Crippen molar-refractivity contribution < 1.29 is 19.0 Å². The molecule has 0 bridgehead atoms. The summed E-state index contributed by atoms with van der Waals surface area (Å²) in [6.07, 6.45) is 1.50. The van der Waals surface area contributed by atoms with Crippen LogP contribution in [0, 0.1) is 0 Å². The van der Waals surface area contributed by atoms with Crippen molar-refractivity contribution in [2.24, 2.45) is 5.10 Å². The molecule has 0 aromatic heterocycles. The summed E-state index contributed by atoms with van der Waals surface area (Å²) in [5.41, 5.74) is 3.12. The van der Waals surface area contributed by atoms with Gasteiger partial charge in [-0.15, -0.1) is 0 Å². The minimum atomic E-state index is -0.362. The number of nitrogens with zero attached hydrogens (tertiary/aromatic N) is 1. The van der Waals surface area contributed by atoms with Crippen molar-refractivity contribution in [2.45, 2.75) is 0 Å². The lowest BCUT2D eigenvalue weighted by molar-refractivity contribution is -0.123. The highest BCUT2D eigenvalue weighted by Gasteiger charge is 2.04. The van der Waals surface area contributed by atoms with Crippen molar-refractivity contribution in [1.82, 2.24) is 5.43 Å². The summed E-state index contributed by atoms with van der Waals surface area (Å²) >= 11 is 3.34. The van der Waals surface area contributed by atoms with E-state index in [1.807, 2.05) is 12.1 Å². The van der Waals surface area contributed by atoms with Gasteiger partial charge in [-0.1, -0.05) is 22.0 Å². The second-order valence-corrected chi connectivity index (χ2v) is 5.56. The molecule has 0 atom stereocenters. The normalized spacial score (nSPS) is 10.5. The Morgan fingerprint density at radius 2 is 2.00 bits per heavy atom. The molecule has 6 nitrogen and oxygen atoms in total. The zero-order valence-corrected chi connectivity index (χ0v) is 14.9. The number of carbonyl (C=O) groups is 1. The highest BCUT2D eigenvalue weighted by molar-refractivity contribution is 9.10. The Morgan fingerprint density at radius 3 is 2.71 bits per heavy atom. The van der Waals surface area contributed by atoms with Gasteiger partial charge in [-0.2, -0.15) is 5.10 Å². The van der Waals surface area contributed by atoms with Gasteiger partial charge in [0.05, 0.1) is 20.4 Å². The number of hydrazone groups is 1. The third kappa shape index (κ3) is 5.27.